The van der Waals surface area contributed by atoms with Crippen LogP contribution >= 0.6 is 34.5 Å². The second kappa shape index (κ2) is 8.21. The Hall–Kier alpha value is -1.93. The molecule has 1 fully saturated rings. The van der Waals surface area contributed by atoms with Gasteiger partial charge in [-0.25, -0.2) is 9.37 Å². The van der Waals surface area contributed by atoms with Crippen molar-refractivity contribution >= 4 is 51.5 Å². The van der Waals surface area contributed by atoms with Crippen LogP contribution in [0.1, 0.15) is 11.3 Å². The number of carbonyl (C=O) groups is 1. The molecule has 4 rings (SSSR count). The number of benzene rings is 1. The molecule has 1 aliphatic heterocycles. The Morgan fingerprint density at radius 2 is 2.04 bits per heavy atom. The van der Waals surface area contributed by atoms with Crippen molar-refractivity contribution in [3.8, 4) is 0 Å². The van der Waals surface area contributed by atoms with Crippen LogP contribution in [0.3, 0.4) is 0 Å². The predicted octanol–water partition coefficient (Wildman–Crippen LogP) is 4.20. The van der Waals surface area contributed by atoms with Crippen molar-refractivity contribution in [2.45, 2.75) is 6.54 Å². The van der Waals surface area contributed by atoms with E-state index < -0.39 is 0 Å². The Kier molecular flexibility index (Phi) is 5.68. The lowest BCUT2D eigenvalue weighted by Gasteiger charge is -2.34. The van der Waals surface area contributed by atoms with Gasteiger partial charge >= 0.3 is 0 Å². The third kappa shape index (κ3) is 3.93. The van der Waals surface area contributed by atoms with E-state index in [0.29, 0.717) is 54.2 Å². The highest BCUT2D eigenvalue weighted by molar-refractivity contribution is 7.15. The summed E-state index contributed by atoms with van der Waals surface area (Å²) in [5.74, 6) is -0.379. The van der Waals surface area contributed by atoms with Gasteiger partial charge in [0.05, 0.1) is 5.69 Å². The molecule has 146 valence electrons. The molecule has 0 unspecified atom stereocenters. The summed E-state index contributed by atoms with van der Waals surface area (Å²) in [5.41, 5.74) is 1.19. The van der Waals surface area contributed by atoms with Crippen LogP contribution in [-0.4, -0.2) is 51.3 Å². The third-order valence-electron chi connectivity index (χ3n) is 4.77. The molecule has 0 saturated carbocycles. The highest BCUT2D eigenvalue weighted by atomic mass is 35.5. The molecule has 1 amide bonds. The van der Waals surface area contributed by atoms with E-state index in [1.807, 2.05) is 16.0 Å². The van der Waals surface area contributed by atoms with E-state index in [0.717, 1.165) is 4.96 Å². The van der Waals surface area contributed by atoms with E-state index in [9.17, 15) is 9.18 Å². The van der Waals surface area contributed by atoms with Gasteiger partial charge in [0.15, 0.2) is 10.1 Å². The number of amides is 1. The van der Waals surface area contributed by atoms with Crippen LogP contribution < -0.4 is 0 Å². The smallest absolute Gasteiger partial charge is 0.246 e. The largest absolute Gasteiger partial charge is 0.337 e. The molecule has 28 heavy (non-hydrogen) atoms. The molecule has 1 aromatic carbocycles. The van der Waals surface area contributed by atoms with Crippen molar-refractivity contribution in [3.05, 3.63) is 63.1 Å². The van der Waals surface area contributed by atoms with Gasteiger partial charge in [-0.3, -0.25) is 14.1 Å². The molecule has 3 aromatic rings. The number of hydrogen-bond acceptors (Lipinski definition) is 4. The Balaban J connectivity index is 1.36. The summed E-state index contributed by atoms with van der Waals surface area (Å²) in [4.78, 5) is 21.4. The average Bonchev–Trinajstić information content (AvgIpc) is 3.24. The molecular formula is C19H17Cl2FN4OS. The standard InChI is InChI=1S/C19H17Cl2FN4OS/c20-14-2-1-3-15(22)13(14)12-24-6-8-25(9-7-24)17(27)5-4-16-18(21)23-19-26(16)10-11-28-19/h1-5,10-11H,6-9,12H2/b5-4+. The summed E-state index contributed by atoms with van der Waals surface area (Å²) in [7, 11) is 0. The Bertz CT molecular complexity index is 1020. The molecule has 1 saturated heterocycles. The van der Waals surface area contributed by atoms with Gasteiger partial charge in [-0.15, -0.1) is 11.3 Å². The molecular weight excluding hydrogens is 422 g/mol. The van der Waals surface area contributed by atoms with Gasteiger partial charge in [0, 0.05) is 61.0 Å². The van der Waals surface area contributed by atoms with Crippen LogP contribution in [0.2, 0.25) is 10.2 Å². The van der Waals surface area contributed by atoms with E-state index in [2.05, 4.69) is 9.88 Å². The van der Waals surface area contributed by atoms with Crippen LogP contribution in [-0.2, 0) is 11.3 Å². The first-order chi connectivity index (χ1) is 13.5. The Morgan fingerprint density at radius 1 is 1.25 bits per heavy atom. The zero-order valence-corrected chi connectivity index (χ0v) is 17.1. The first-order valence-corrected chi connectivity index (χ1v) is 10.4. The summed E-state index contributed by atoms with van der Waals surface area (Å²) in [6, 6.07) is 4.70. The van der Waals surface area contributed by atoms with Gasteiger partial charge in [0.1, 0.15) is 5.82 Å². The summed E-state index contributed by atoms with van der Waals surface area (Å²) >= 11 is 13.7. The number of aromatic nitrogens is 2. The number of hydrogen-bond donors (Lipinski definition) is 0. The zero-order valence-electron chi connectivity index (χ0n) is 14.8. The van der Waals surface area contributed by atoms with E-state index in [-0.39, 0.29) is 11.7 Å². The van der Waals surface area contributed by atoms with Crippen molar-refractivity contribution in [1.82, 2.24) is 19.2 Å². The molecule has 0 bridgehead atoms. The molecule has 0 N–H and O–H groups in total. The molecule has 5 nitrogen and oxygen atoms in total. The molecule has 3 heterocycles. The van der Waals surface area contributed by atoms with E-state index in [1.165, 1.54) is 23.5 Å². The monoisotopic (exact) mass is 438 g/mol. The summed E-state index contributed by atoms with van der Waals surface area (Å²) in [6.07, 6.45) is 5.09. The second-order valence-electron chi connectivity index (χ2n) is 6.48. The zero-order chi connectivity index (χ0) is 19.7. The van der Waals surface area contributed by atoms with Crippen molar-refractivity contribution in [1.29, 1.82) is 0 Å². The minimum absolute atomic E-state index is 0.0789. The normalized spacial score (nSPS) is 15.8. The fraction of sp³-hybridized carbons (Fsp3) is 0.263. The maximum absolute atomic E-state index is 14.0. The lowest BCUT2D eigenvalue weighted by atomic mass is 10.2. The van der Waals surface area contributed by atoms with Crippen molar-refractivity contribution in [2.24, 2.45) is 0 Å². The number of rotatable bonds is 4. The number of thiazole rings is 1. The molecule has 0 aliphatic carbocycles. The lowest BCUT2D eigenvalue weighted by molar-refractivity contribution is -0.127. The maximum atomic E-state index is 14.0. The van der Waals surface area contributed by atoms with Gasteiger partial charge in [-0.05, 0) is 18.2 Å². The molecule has 1 aliphatic rings. The second-order valence-corrected chi connectivity index (χ2v) is 8.12. The molecule has 0 spiro atoms. The van der Waals surface area contributed by atoms with Crippen LogP contribution in [0.15, 0.2) is 35.9 Å². The van der Waals surface area contributed by atoms with Crippen LogP contribution in [0.25, 0.3) is 11.0 Å². The first kappa shape index (κ1) is 19.4. The van der Waals surface area contributed by atoms with Crippen LogP contribution in [0, 0.1) is 5.82 Å². The number of carbonyl (C=O) groups excluding carboxylic acids is 1. The third-order valence-corrected chi connectivity index (χ3v) is 6.15. The number of nitrogens with zero attached hydrogens (tertiary/aromatic N) is 4. The van der Waals surface area contributed by atoms with E-state index in [1.54, 1.807) is 23.1 Å². The average molecular weight is 439 g/mol. The summed E-state index contributed by atoms with van der Waals surface area (Å²) < 4.78 is 15.8. The molecule has 0 atom stereocenters. The van der Waals surface area contributed by atoms with Gasteiger partial charge in [0.25, 0.3) is 0 Å². The van der Waals surface area contributed by atoms with Crippen LogP contribution in [0.4, 0.5) is 4.39 Å². The number of imidazole rings is 1. The topological polar surface area (TPSA) is 40.9 Å². The quantitative estimate of drug-likeness (QED) is 0.573. The maximum Gasteiger partial charge on any atom is 0.246 e. The Labute approximate surface area is 175 Å². The fourth-order valence-electron chi connectivity index (χ4n) is 3.21. The van der Waals surface area contributed by atoms with Gasteiger partial charge in [0.2, 0.25) is 5.91 Å². The van der Waals surface area contributed by atoms with Crippen molar-refractivity contribution < 1.29 is 9.18 Å². The summed E-state index contributed by atoms with van der Waals surface area (Å²) in [6.45, 7) is 2.90. The number of fused-ring (bicyclic) bond motifs is 1. The lowest BCUT2D eigenvalue weighted by Crippen LogP contribution is -2.47. The van der Waals surface area contributed by atoms with Crippen molar-refractivity contribution in [2.75, 3.05) is 26.2 Å². The number of halogens is 3. The Morgan fingerprint density at radius 3 is 2.79 bits per heavy atom. The molecule has 9 heteroatoms. The molecule has 2 aromatic heterocycles. The van der Waals surface area contributed by atoms with Crippen molar-refractivity contribution in [3.63, 3.8) is 0 Å². The van der Waals surface area contributed by atoms with E-state index >= 15 is 0 Å². The first-order valence-electron chi connectivity index (χ1n) is 8.76. The minimum atomic E-state index is -0.300. The minimum Gasteiger partial charge on any atom is -0.337 e. The van der Waals surface area contributed by atoms with E-state index in [4.69, 9.17) is 23.2 Å². The highest BCUT2D eigenvalue weighted by Crippen LogP contribution is 2.23. The predicted molar refractivity (Wildman–Crippen MR) is 110 cm³/mol. The summed E-state index contributed by atoms with van der Waals surface area (Å²) in [5, 5.41) is 2.72. The highest BCUT2D eigenvalue weighted by Gasteiger charge is 2.21. The van der Waals surface area contributed by atoms with Gasteiger partial charge in [-0.1, -0.05) is 29.3 Å². The SMILES string of the molecule is O=C(/C=C/c1c(Cl)nc2sccn12)N1CCN(Cc2c(F)cccc2Cl)CC1. The van der Waals surface area contributed by atoms with Gasteiger partial charge in [-0.2, -0.15) is 0 Å². The molecule has 0 radical (unpaired) electrons. The van der Waals surface area contributed by atoms with Crippen LogP contribution in [0.5, 0.6) is 0 Å². The number of piperazine rings is 1. The van der Waals surface area contributed by atoms with Gasteiger partial charge < -0.3 is 4.90 Å². The fourth-order valence-corrected chi connectivity index (χ4v) is 4.44.